The smallest absolute Gasteiger partial charge is 0.323 e. The molecule has 1 unspecified atom stereocenters. The van der Waals surface area contributed by atoms with Gasteiger partial charge in [0.25, 0.3) is 5.91 Å². The number of aryl methyl sites for hydroxylation is 1. The molecule has 144 valence electrons. The van der Waals surface area contributed by atoms with E-state index in [0.717, 1.165) is 24.9 Å². The third kappa shape index (κ3) is 4.99. The minimum absolute atomic E-state index is 0. The molecular formula is C20H25ClN4O2. The highest BCUT2D eigenvalue weighted by atomic mass is 35.5. The summed E-state index contributed by atoms with van der Waals surface area (Å²) in [4.78, 5) is 26.9. The molecule has 0 bridgehead atoms. The van der Waals surface area contributed by atoms with Crippen LogP contribution in [0.4, 0.5) is 16.2 Å². The molecule has 6 nitrogen and oxygen atoms in total. The van der Waals surface area contributed by atoms with Crippen molar-refractivity contribution in [1.29, 1.82) is 0 Å². The van der Waals surface area contributed by atoms with Gasteiger partial charge in [0.2, 0.25) is 0 Å². The topological polar surface area (TPSA) is 87.5 Å². The summed E-state index contributed by atoms with van der Waals surface area (Å²) in [5.74, 6) is -0.0375. The summed E-state index contributed by atoms with van der Waals surface area (Å²) in [6, 6.07) is 14.3. The van der Waals surface area contributed by atoms with E-state index in [1.165, 1.54) is 0 Å². The molecule has 3 rings (SSSR count). The van der Waals surface area contributed by atoms with Gasteiger partial charge in [-0.3, -0.25) is 4.79 Å². The lowest BCUT2D eigenvalue weighted by molar-refractivity contribution is 0.0741. The van der Waals surface area contributed by atoms with Gasteiger partial charge < -0.3 is 21.3 Å². The average Bonchev–Trinajstić information content (AvgIpc) is 3.12. The third-order valence-corrected chi connectivity index (χ3v) is 4.67. The number of hydrogen-bond donors (Lipinski definition) is 3. The predicted molar refractivity (Wildman–Crippen MR) is 111 cm³/mol. The minimum atomic E-state index is -0.343. The van der Waals surface area contributed by atoms with Gasteiger partial charge in [0.05, 0.1) is 0 Å². The molecule has 1 fully saturated rings. The first-order valence-corrected chi connectivity index (χ1v) is 8.83. The molecule has 2 aromatic carbocycles. The van der Waals surface area contributed by atoms with Crippen molar-refractivity contribution in [3.8, 4) is 0 Å². The van der Waals surface area contributed by atoms with Gasteiger partial charge in [0, 0.05) is 36.1 Å². The number of para-hydroxylation sites is 1. The number of nitrogens with one attached hydrogen (secondary N) is 2. The highest BCUT2D eigenvalue weighted by molar-refractivity contribution is 6.02. The first kappa shape index (κ1) is 20.7. The third-order valence-electron chi connectivity index (χ3n) is 4.67. The van der Waals surface area contributed by atoms with Gasteiger partial charge in [0.15, 0.2) is 0 Å². The van der Waals surface area contributed by atoms with Crippen LogP contribution in [0.2, 0.25) is 0 Å². The first-order valence-electron chi connectivity index (χ1n) is 8.83. The van der Waals surface area contributed by atoms with Crippen molar-refractivity contribution in [1.82, 2.24) is 4.90 Å². The Kier molecular flexibility index (Phi) is 7.21. The van der Waals surface area contributed by atoms with Crippen LogP contribution >= 0.6 is 12.4 Å². The van der Waals surface area contributed by atoms with Crippen molar-refractivity contribution < 1.29 is 9.59 Å². The first-order chi connectivity index (χ1) is 12.6. The second-order valence-corrected chi connectivity index (χ2v) is 6.51. The van der Waals surface area contributed by atoms with E-state index >= 15 is 0 Å². The Bertz CT molecular complexity index is 798. The molecule has 1 saturated heterocycles. The van der Waals surface area contributed by atoms with Crippen molar-refractivity contribution in [3.05, 3.63) is 59.7 Å². The summed E-state index contributed by atoms with van der Waals surface area (Å²) in [7, 11) is 0. The second kappa shape index (κ2) is 9.39. The summed E-state index contributed by atoms with van der Waals surface area (Å²) in [6.45, 7) is 3.10. The zero-order valence-corrected chi connectivity index (χ0v) is 16.1. The number of rotatable bonds is 4. The summed E-state index contributed by atoms with van der Waals surface area (Å²) < 4.78 is 0. The molecule has 4 N–H and O–H groups in total. The zero-order chi connectivity index (χ0) is 18.5. The average molecular weight is 389 g/mol. The maximum Gasteiger partial charge on any atom is 0.323 e. The van der Waals surface area contributed by atoms with E-state index in [1.54, 1.807) is 12.1 Å². The lowest BCUT2D eigenvalue weighted by atomic mass is 10.1. The Labute approximate surface area is 165 Å². The van der Waals surface area contributed by atoms with Crippen molar-refractivity contribution >= 4 is 35.7 Å². The molecule has 2 aromatic rings. The lowest BCUT2D eigenvalue weighted by Crippen LogP contribution is -2.39. The minimum Gasteiger partial charge on any atom is -0.334 e. The molecule has 7 heteroatoms. The molecule has 0 aromatic heterocycles. The molecule has 27 heavy (non-hydrogen) atoms. The highest BCUT2D eigenvalue weighted by Crippen LogP contribution is 2.23. The number of urea groups is 1. The van der Waals surface area contributed by atoms with E-state index in [0.29, 0.717) is 23.5 Å². The van der Waals surface area contributed by atoms with Crippen molar-refractivity contribution in [2.45, 2.75) is 25.8 Å². The molecule has 0 saturated carbocycles. The summed E-state index contributed by atoms with van der Waals surface area (Å²) >= 11 is 0. The molecule has 1 atom stereocenters. The number of carbonyl (C=O) groups excluding carboxylic acids is 2. The molecule has 1 aliphatic rings. The SMILES string of the molecule is Cc1ccc(C(=O)N2CCCC2CN)cc1NC(=O)Nc1ccccc1.Cl. The number of benzene rings is 2. The van der Waals surface area contributed by atoms with Gasteiger partial charge in [-0.1, -0.05) is 24.3 Å². The van der Waals surface area contributed by atoms with Gasteiger partial charge >= 0.3 is 6.03 Å². The lowest BCUT2D eigenvalue weighted by Gasteiger charge is -2.24. The van der Waals surface area contributed by atoms with E-state index in [1.807, 2.05) is 48.2 Å². The molecule has 3 amide bonds. The summed E-state index contributed by atoms with van der Waals surface area (Å²) in [5, 5.41) is 5.60. The Morgan fingerprint density at radius 3 is 2.59 bits per heavy atom. The summed E-state index contributed by atoms with van der Waals surface area (Å²) in [5.41, 5.74) is 8.55. The molecule has 0 spiro atoms. The van der Waals surface area contributed by atoms with Gasteiger partial charge in [-0.15, -0.1) is 12.4 Å². The van der Waals surface area contributed by atoms with E-state index in [9.17, 15) is 9.59 Å². The standard InChI is InChI=1S/C20H24N4O2.ClH/c1-14-9-10-15(19(25)24-11-5-8-17(24)13-21)12-18(14)23-20(26)22-16-6-3-2-4-7-16;/h2-4,6-7,9-10,12,17H,5,8,11,13,21H2,1H3,(H2,22,23,26);1H. The fourth-order valence-electron chi connectivity index (χ4n) is 3.21. The monoisotopic (exact) mass is 388 g/mol. The Hall–Kier alpha value is -2.57. The fraction of sp³-hybridized carbons (Fsp3) is 0.300. The predicted octanol–water partition coefficient (Wildman–Crippen LogP) is 3.62. The number of amides is 3. The maximum atomic E-state index is 12.8. The normalized spacial score (nSPS) is 15.8. The highest BCUT2D eigenvalue weighted by Gasteiger charge is 2.28. The molecule has 0 radical (unpaired) electrons. The zero-order valence-electron chi connectivity index (χ0n) is 15.3. The van der Waals surface area contributed by atoms with E-state index in [-0.39, 0.29) is 30.4 Å². The van der Waals surface area contributed by atoms with E-state index < -0.39 is 0 Å². The molecular weight excluding hydrogens is 364 g/mol. The van der Waals surface area contributed by atoms with Crippen LogP contribution in [0, 0.1) is 6.92 Å². The Morgan fingerprint density at radius 1 is 1.15 bits per heavy atom. The quantitative estimate of drug-likeness (QED) is 0.747. The van der Waals surface area contributed by atoms with Gasteiger partial charge in [-0.05, 0) is 49.6 Å². The van der Waals surface area contributed by atoms with Crippen LogP contribution in [-0.4, -0.2) is 36.0 Å². The number of nitrogens with two attached hydrogens (primary N) is 1. The number of halogens is 1. The number of likely N-dealkylation sites (tertiary alicyclic amines) is 1. The number of carbonyl (C=O) groups is 2. The summed E-state index contributed by atoms with van der Waals surface area (Å²) in [6.07, 6.45) is 1.92. The van der Waals surface area contributed by atoms with Crippen molar-refractivity contribution in [2.24, 2.45) is 5.73 Å². The largest absolute Gasteiger partial charge is 0.334 e. The maximum absolute atomic E-state index is 12.8. The van der Waals surface area contributed by atoms with Crippen LogP contribution in [0.5, 0.6) is 0 Å². The van der Waals surface area contributed by atoms with E-state index in [4.69, 9.17) is 5.73 Å². The van der Waals surface area contributed by atoms with Crippen LogP contribution in [0.1, 0.15) is 28.8 Å². The van der Waals surface area contributed by atoms with Crippen LogP contribution in [0.15, 0.2) is 48.5 Å². The van der Waals surface area contributed by atoms with Gasteiger partial charge in [-0.2, -0.15) is 0 Å². The molecule has 1 heterocycles. The molecule has 1 aliphatic heterocycles. The van der Waals surface area contributed by atoms with Crippen LogP contribution in [0.25, 0.3) is 0 Å². The van der Waals surface area contributed by atoms with Crippen LogP contribution in [0.3, 0.4) is 0 Å². The Balaban J connectivity index is 0.00000261. The Morgan fingerprint density at radius 2 is 1.89 bits per heavy atom. The van der Waals surface area contributed by atoms with E-state index in [2.05, 4.69) is 10.6 Å². The second-order valence-electron chi connectivity index (χ2n) is 6.51. The number of anilines is 2. The van der Waals surface area contributed by atoms with Crippen molar-refractivity contribution in [3.63, 3.8) is 0 Å². The van der Waals surface area contributed by atoms with Gasteiger partial charge in [-0.25, -0.2) is 4.79 Å². The molecule has 0 aliphatic carbocycles. The number of nitrogens with zero attached hydrogens (tertiary/aromatic N) is 1. The van der Waals surface area contributed by atoms with Crippen LogP contribution < -0.4 is 16.4 Å². The van der Waals surface area contributed by atoms with Crippen LogP contribution in [-0.2, 0) is 0 Å². The number of hydrogen-bond acceptors (Lipinski definition) is 3. The van der Waals surface area contributed by atoms with Crippen molar-refractivity contribution in [2.75, 3.05) is 23.7 Å². The van der Waals surface area contributed by atoms with Gasteiger partial charge in [0.1, 0.15) is 0 Å². The fourth-order valence-corrected chi connectivity index (χ4v) is 3.21.